The van der Waals surface area contributed by atoms with E-state index in [0.717, 1.165) is 5.57 Å². The van der Waals surface area contributed by atoms with Crippen LogP contribution in [-0.2, 0) is 19.1 Å². The molecule has 176 valence electrons. The number of carbonyl (C=O) groups is 2. The van der Waals surface area contributed by atoms with Gasteiger partial charge in [-0.2, -0.15) is 0 Å². The Balaban J connectivity index is 1.61. The maximum atomic E-state index is 17.2. The van der Waals surface area contributed by atoms with Gasteiger partial charge in [-0.05, 0) is 64.5 Å². The minimum atomic E-state index is -1.94. The highest BCUT2D eigenvalue weighted by molar-refractivity contribution is 6.01. The molecule has 0 radical (unpaired) electrons. The van der Waals surface area contributed by atoms with E-state index in [9.17, 15) is 19.8 Å². The molecule has 5 rings (SSSR count). The van der Waals surface area contributed by atoms with Crippen molar-refractivity contribution in [2.75, 3.05) is 6.61 Å². The van der Waals surface area contributed by atoms with E-state index in [-0.39, 0.29) is 30.3 Å². The largest absolute Gasteiger partial charge is 0.390 e. The van der Waals surface area contributed by atoms with Crippen molar-refractivity contribution < 1.29 is 33.7 Å². The molecule has 0 unspecified atom stereocenters. The number of aliphatic hydroxyl groups excluding tert-OH is 2. The maximum absolute atomic E-state index is 17.2. The van der Waals surface area contributed by atoms with E-state index >= 15 is 4.39 Å². The molecule has 4 fully saturated rings. The topological polar surface area (TPSA) is 93.1 Å². The van der Waals surface area contributed by atoms with E-state index in [0.29, 0.717) is 19.3 Å². The van der Waals surface area contributed by atoms with Gasteiger partial charge < -0.3 is 19.7 Å². The highest BCUT2D eigenvalue weighted by Crippen LogP contribution is 2.72. The third kappa shape index (κ3) is 2.54. The lowest BCUT2D eigenvalue weighted by atomic mass is 9.44. The van der Waals surface area contributed by atoms with Crippen LogP contribution in [0.4, 0.5) is 4.39 Å². The van der Waals surface area contributed by atoms with Crippen LogP contribution in [0.5, 0.6) is 0 Å². The predicted octanol–water partition coefficient (Wildman–Crippen LogP) is 2.81. The minimum absolute atomic E-state index is 0.0276. The summed E-state index contributed by atoms with van der Waals surface area (Å²) in [7, 11) is 0. The van der Waals surface area contributed by atoms with Crippen LogP contribution in [0.2, 0.25) is 0 Å². The molecule has 1 heterocycles. The Hall–Kier alpha value is -1.41. The van der Waals surface area contributed by atoms with Crippen molar-refractivity contribution in [2.45, 2.75) is 89.1 Å². The molecule has 0 aromatic heterocycles. The van der Waals surface area contributed by atoms with Gasteiger partial charge in [0.15, 0.2) is 23.0 Å². The summed E-state index contributed by atoms with van der Waals surface area (Å²) in [6.45, 7) is 6.79. The molecule has 0 aromatic rings. The molecule has 1 saturated heterocycles. The van der Waals surface area contributed by atoms with Crippen molar-refractivity contribution in [3.05, 3.63) is 23.8 Å². The standard InChI is InChI=1S/C25H33FO6/c1-21(2)31-20-10-18-17-6-5-14-9-15(28)7-8-22(14,3)25(17,26)19(30)12-23(18,4)24(20,32-21)11-16(29)13-27/h7-9,17-20,27,30H,5-6,10-13H2,1-4H3/t17-,18-,19-,20+,22-,23-,24+,25-/m0/s1. The number of carbonyl (C=O) groups excluding carboxylic acids is 2. The van der Waals surface area contributed by atoms with Gasteiger partial charge in [0.1, 0.15) is 12.2 Å². The SMILES string of the molecule is CC1(C)O[C@@H]2C[C@H]3[C@@H]4CCC5=CC(=O)C=C[C@]5(C)[C@@]4(F)[C@@H](O)C[C@]3(C)[C@]2(CC(=O)CO)O1. The number of hydrogen-bond donors (Lipinski definition) is 2. The Labute approximate surface area is 187 Å². The van der Waals surface area contributed by atoms with Crippen LogP contribution in [-0.4, -0.2) is 57.7 Å². The Kier molecular flexibility index (Phi) is 4.61. The molecule has 6 nitrogen and oxygen atoms in total. The fourth-order valence-corrected chi connectivity index (χ4v) is 8.10. The summed E-state index contributed by atoms with van der Waals surface area (Å²) < 4.78 is 29.9. The monoisotopic (exact) mass is 448 g/mol. The fraction of sp³-hybridized carbons (Fsp3) is 0.760. The summed E-state index contributed by atoms with van der Waals surface area (Å²) in [5.74, 6) is -2.05. The van der Waals surface area contributed by atoms with E-state index in [1.165, 1.54) is 12.2 Å². The van der Waals surface area contributed by atoms with Crippen LogP contribution in [0.15, 0.2) is 23.8 Å². The molecule has 5 aliphatic rings. The second-order valence-corrected chi connectivity index (χ2v) is 11.4. The molecule has 3 saturated carbocycles. The molecule has 32 heavy (non-hydrogen) atoms. The summed E-state index contributed by atoms with van der Waals surface area (Å²) in [6.07, 6.45) is 4.56. The lowest BCUT2D eigenvalue weighted by Crippen LogP contribution is -2.68. The molecule has 4 aliphatic carbocycles. The number of rotatable bonds is 3. The van der Waals surface area contributed by atoms with Crippen molar-refractivity contribution in [2.24, 2.45) is 22.7 Å². The normalized spacial score (nSPS) is 50.8. The van der Waals surface area contributed by atoms with Gasteiger partial charge in [-0.1, -0.05) is 18.6 Å². The maximum Gasteiger partial charge on any atom is 0.178 e. The van der Waals surface area contributed by atoms with Gasteiger partial charge in [0.2, 0.25) is 0 Å². The quantitative estimate of drug-likeness (QED) is 0.690. The number of ketones is 2. The molecule has 0 bridgehead atoms. The molecule has 8 atom stereocenters. The zero-order valence-corrected chi connectivity index (χ0v) is 19.2. The van der Waals surface area contributed by atoms with Gasteiger partial charge in [0.05, 0.1) is 12.2 Å². The number of fused-ring (bicyclic) bond motifs is 7. The average Bonchev–Trinajstić information content (AvgIpc) is 3.08. The molecule has 0 amide bonds. The zero-order chi connectivity index (χ0) is 23.3. The number of alkyl halides is 1. The van der Waals surface area contributed by atoms with Crippen LogP contribution < -0.4 is 0 Å². The Morgan fingerprint density at radius 3 is 2.66 bits per heavy atom. The first-order valence-electron chi connectivity index (χ1n) is 11.6. The fourth-order valence-electron chi connectivity index (χ4n) is 8.10. The molecule has 2 N–H and O–H groups in total. The summed E-state index contributed by atoms with van der Waals surface area (Å²) in [4.78, 5) is 24.4. The first-order chi connectivity index (χ1) is 14.8. The van der Waals surface area contributed by atoms with Gasteiger partial charge in [-0.15, -0.1) is 0 Å². The number of Topliss-reactive ketones (excluding diaryl/α,β-unsaturated/α-hetero) is 1. The van der Waals surface area contributed by atoms with Crippen molar-refractivity contribution in [1.29, 1.82) is 0 Å². The van der Waals surface area contributed by atoms with Crippen LogP contribution >= 0.6 is 0 Å². The summed E-state index contributed by atoms with van der Waals surface area (Å²) in [6, 6.07) is 0. The molecule has 0 aromatic carbocycles. The first kappa shape index (κ1) is 22.4. The Morgan fingerprint density at radius 1 is 1.25 bits per heavy atom. The van der Waals surface area contributed by atoms with Gasteiger partial charge in [0.25, 0.3) is 0 Å². The molecule has 1 aliphatic heterocycles. The smallest absolute Gasteiger partial charge is 0.178 e. The van der Waals surface area contributed by atoms with Gasteiger partial charge in [-0.25, -0.2) is 4.39 Å². The lowest BCUT2D eigenvalue weighted by Gasteiger charge is -2.63. The van der Waals surface area contributed by atoms with Crippen LogP contribution in [0, 0.1) is 22.7 Å². The van der Waals surface area contributed by atoms with E-state index in [4.69, 9.17) is 9.47 Å². The Bertz CT molecular complexity index is 941. The van der Waals surface area contributed by atoms with Crippen LogP contribution in [0.3, 0.4) is 0 Å². The number of ether oxygens (including phenoxy) is 2. The third-order valence-electron chi connectivity index (χ3n) is 9.48. The number of aliphatic hydroxyl groups is 2. The highest BCUT2D eigenvalue weighted by atomic mass is 19.1. The van der Waals surface area contributed by atoms with E-state index < -0.39 is 52.6 Å². The third-order valence-corrected chi connectivity index (χ3v) is 9.48. The average molecular weight is 449 g/mol. The Morgan fingerprint density at radius 2 is 1.97 bits per heavy atom. The summed E-state index contributed by atoms with van der Waals surface area (Å²) in [5.41, 5.74) is -3.99. The predicted molar refractivity (Wildman–Crippen MR) is 113 cm³/mol. The van der Waals surface area contributed by atoms with Crippen molar-refractivity contribution in [3.8, 4) is 0 Å². The van der Waals surface area contributed by atoms with Gasteiger partial charge >= 0.3 is 0 Å². The van der Waals surface area contributed by atoms with Gasteiger partial charge in [0, 0.05) is 23.2 Å². The van der Waals surface area contributed by atoms with Crippen molar-refractivity contribution >= 4 is 11.6 Å². The minimum Gasteiger partial charge on any atom is -0.390 e. The number of hydrogen-bond acceptors (Lipinski definition) is 6. The van der Waals surface area contributed by atoms with Crippen molar-refractivity contribution in [1.82, 2.24) is 0 Å². The highest BCUT2D eigenvalue weighted by Gasteiger charge is 2.78. The molecule has 7 heteroatoms. The van der Waals surface area contributed by atoms with E-state index in [1.54, 1.807) is 26.8 Å². The van der Waals surface area contributed by atoms with E-state index in [2.05, 4.69) is 0 Å². The second kappa shape index (κ2) is 6.59. The van der Waals surface area contributed by atoms with Crippen molar-refractivity contribution in [3.63, 3.8) is 0 Å². The second-order valence-electron chi connectivity index (χ2n) is 11.4. The molecule has 0 spiro atoms. The molecular formula is C25H33FO6. The summed E-state index contributed by atoms with van der Waals surface area (Å²) >= 11 is 0. The lowest BCUT2D eigenvalue weighted by molar-refractivity contribution is -0.250. The van der Waals surface area contributed by atoms with Crippen LogP contribution in [0.1, 0.15) is 59.8 Å². The molecular weight excluding hydrogens is 415 g/mol. The first-order valence-corrected chi connectivity index (χ1v) is 11.6. The number of allylic oxidation sites excluding steroid dienone is 4. The van der Waals surface area contributed by atoms with Gasteiger partial charge in [-0.3, -0.25) is 9.59 Å². The van der Waals surface area contributed by atoms with Crippen LogP contribution in [0.25, 0.3) is 0 Å². The zero-order valence-electron chi connectivity index (χ0n) is 19.2. The summed E-state index contributed by atoms with van der Waals surface area (Å²) in [5, 5.41) is 20.9. The number of halogens is 1. The van der Waals surface area contributed by atoms with E-state index in [1.807, 2.05) is 6.92 Å².